The maximum atomic E-state index is 12.9. The van der Waals surface area contributed by atoms with Gasteiger partial charge in [-0.2, -0.15) is 11.8 Å². The summed E-state index contributed by atoms with van der Waals surface area (Å²) in [5.41, 5.74) is 1.03. The van der Waals surface area contributed by atoms with Crippen LogP contribution < -0.4 is 0 Å². The molecule has 0 aliphatic carbocycles. The van der Waals surface area contributed by atoms with Crippen LogP contribution in [-0.4, -0.2) is 30.3 Å². The molecule has 1 heterocycles. The molecule has 1 aliphatic heterocycles. The molecule has 0 bridgehead atoms. The fraction of sp³-hybridized carbons (Fsp3) is 0.600. The van der Waals surface area contributed by atoms with E-state index in [0.29, 0.717) is 5.02 Å². The first-order valence-electron chi connectivity index (χ1n) is 7.00. The third kappa shape index (κ3) is 5.33. The van der Waals surface area contributed by atoms with Gasteiger partial charge in [-0.1, -0.05) is 30.5 Å². The smallest absolute Gasteiger partial charge is 0.124 e. The zero-order valence-electron chi connectivity index (χ0n) is 11.2. The van der Waals surface area contributed by atoms with Gasteiger partial charge >= 0.3 is 0 Å². The van der Waals surface area contributed by atoms with E-state index in [1.54, 1.807) is 6.07 Å². The Labute approximate surface area is 124 Å². The Morgan fingerprint density at radius 3 is 2.58 bits per heavy atom. The van der Waals surface area contributed by atoms with Crippen LogP contribution in [0.5, 0.6) is 0 Å². The Balaban J connectivity index is 1.68. The summed E-state index contributed by atoms with van der Waals surface area (Å²) in [6.07, 6.45) is 5.45. The lowest BCUT2D eigenvalue weighted by atomic mass is 10.2. The number of benzene rings is 1. The average Bonchev–Trinajstić information content (AvgIpc) is 2.65. The van der Waals surface area contributed by atoms with E-state index in [4.69, 9.17) is 11.6 Å². The van der Waals surface area contributed by atoms with Crippen LogP contribution in [0, 0.1) is 5.82 Å². The molecule has 0 atom stereocenters. The Hall–Kier alpha value is -0.250. The fourth-order valence-corrected chi connectivity index (χ4v) is 3.69. The number of nitrogens with zero attached hydrogens (tertiary/aromatic N) is 1. The molecule has 1 aliphatic rings. The molecule has 0 radical (unpaired) electrons. The van der Waals surface area contributed by atoms with Crippen molar-refractivity contribution in [2.45, 2.75) is 31.4 Å². The summed E-state index contributed by atoms with van der Waals surface area (Å²) in [5.74, 6) is 1.73. The number of hydrogen-bond acceptors (Lipinski definition) is 2. The molecule has 0 saturated carbocycles. The van der Waals surface area contributed by atoms with Crippen molar-refractivity contribution in [1.29, 1.82) is 0 Å². The molecule has 2 rings (SSSR count). The Kier molecular flexibility index (Phi) is 6.48. The van der Waals surface area contributed by atoms with E-state index < -0.39 is 0 Å². The highest BCUT2D eigenvalue weighted by Crippen LogP contribution is 2.22. The van der Waals surface area contributed by atoms with Gasteiger partial charge in [-0.05, 0) is 43.6 Å². The molecule has 4 heteroatoms. The second-order valence-corrected chi connectivity index (χ2v) is 6.56. The Morgan fingerprint density at radius 2 is 1.89 bits per heavy atom. The highest BCUT2D eigenvalue weighted by Gasteiger charge is 2.08. The molecule has 0 spiro atoms. The average molecular weight is 302 g/mol. The summed E-state index contributed by atoms with van der Waals surface area (Å²) in [6, 6.07) is 4.67. The first kappa shape index (κ1) is 15.1. The lowest BCUT2D eigenvalue weighted by molar-refractivity contribution is 0.303. The number of rotatable bonds is 5. The molecule has 0 unspecified atom stereocenters. The third-order valence-electron chi connectivity index (χ3n) is 3.52. The van der Waals surface area contributed by atoms with Crippen molar-refractivity contribution in [1.82, 2.24) is 4.90 Å². The standard InChI is InChI=1S/C15H21ClFNS/c16-15-11-14(17)6-5-13(15)12-19-10-9-18-7-3-1-2-4-8-18/h5-6,11H,1-4,7-10,12H2. The van der Waals surface area contributed by atoms with Crippen LogP contribution in [0.3, 0.4) is 0 Å². The van der Waals surface area contributed by atoms with Crippen molar-refractivity contribution in [3.63, 3.8) is 0 Å². The van der Waals surface area contributed by atoms with Gasteiger partial charge < -0.3 is 4.90 Å². The quantitative estimate of drug-likeness (QED) is 0.732. The van der Waals surface area contributed by atoms with E-state index in [1.807, 2.05) is 11.8 Å². The lowest BCUT2D eigenvalue weighted by Crippen LogP contribution is -2.27. The summed E-state index contributed by atoms with van der Waals surface area (Å²) < 4.78 is 12.9. The maximum absolute atomic E-state index is 12.9. The molecule has 1 aromatic carbocycles. The molecule has 1 aromatic rings. The zero-order chi connectivity index (χ0) is 13.5. The van der Waals surface area contributed by atoms with Crippen molar-refractivity contribution in [3.05, 3.63) is 34.6 Å². The van der Waals surface area contributed by atoms with Gasteiger partial charge in [-0.25, -0.2) is 4.39 Å². The molecule has 1 fully saturated rings. The van der Waals surface area contributed by atoms with Gasteiger partial charge in [-0.3, -0.25) is 0 Å². The van der Waals surface area contributed by atoms with Gasteiger partial charge in [0, 0.05) is 23.1 Å². The van der Waals surface area contributed by atoms with Gasteiger partial charge in [0.05, 0.1) is 0 Å². The normalized spacial score (nSPS) is 17.4. The van der Waals surface area contributed by atoms with E-state index in [0.717, 1.165) is 23.6 Å². The van der Waals surface area contributed by atoms with Gasteiger partial charge in [0.1, 0.15) is 5.82 Å². The number of likely N-dealkylation sites (tertiary alicyclic amines) is 1. The second-order valence-electron chi connectivity index (χ2n) is 5.04. The van der Waals surface area contributed by atoms with Crippen LogP contribution in [0.2, 0.25) is 5.02 Å². The molecular formula is C15H21ClFNS. The predicted octanol–water partition coefficient (Wildman–Crippen LogP) is 4.59. The molecule has 0 N–H and O–H groups in total. The number of thioether (sulfide) groups is 1. The summed E-state index contributed by atoms with van der Waals surface area (Å²) in [4.78, 5) is 2.56. The van der Waals surface area contributed by atoms with Gasteiger partial charge in [0.25, 0.3) is 0 Å². The summed E-state index contributed by atoms with van der Waals surface area (Å²) >= 11 is 7.89. The predicted molar refractivity (Wildman–Crippen MR) is 82.5 cm³/mol. The highest BCUT2D eigenvalue weighted by molar-refractivity contribution is 7.98. The summed E-state index contributed by atoms with van der Waals surface area (Å²) in [6.45, 7) is 3.65. The molecule has 0 amide bonds. The Bertz CT molecular complexity index is 392. The highest BCUT2D eigenvalue weighted by atomic mass is 35.5. The number of hydrogen-bond donors (Lipinski definition) is 0. The second kappa shape index (κ2) is 8.13. The van der Waals surface area contributed by atoms with E-state index >= 15 is 0 Å². The van der Waals surface area contributed by atoms with Gasteiger partial charge in [-0.15, -0.1) is 0 Å². The zero-order valence-corrected chi connectivity index (χ0v) is 12.8. The van der Waals surface area contributed by atoms with E-state index in [9.17, 15) is 4.39 Å². The van der Waals surface area contributed by atoms with Crippen LogP contribution in [0.1, 0.15) is 31.2 Å². The molecule has 0 aromatic heterocycles. The fourth-order valence-electron chi connectivity index (χ4n) is 2.37. The molecular weight excluding hydrogens is 281 g/mol. The van der Waals surface area contributed by atoms with Crippen molar-refractivity contribution >= 4 is 23.4 Å². The summed E-state index contributed by atoms with van der Waals surface area (Å²) in [5, 5.41) is 0.544. The molecule has 106 valence electrons. The summed E-state index contributed by atoms with van der Waals surface area (Å²) in [7, 11) is 0. The van der Waals surface area contributed by atoms with Crippen molar-refractivity contribution in [3.8, 4) is 0 Å². The first-order chi connectivity index (χ1) is 9.25. The van der Waals surface area contributed by atoms with Crippen LogP contribution in [0.25, 0.3) is 0 Å². The minimum atomic E-state index is -0.261. The first-order valence-corrected chi connectivity index (χ1v) is 8.53. The van der Waals surface area contributed by atoms with Crippen LogP contribution >= 0.6 is 23.4 Å². The van der Waals surface area contributed by atoms with Crippen molar-refractivity contribution in [2.75, 3.05) is 25.4 Å². The van der Waals surface area contributed by atoms with Crippen LogP contribution in [0.15, 0.2) is 18.2 Å². The minimum absolute atomic E-state index is 0.261. The van der Waals surface area contributed by atoms with Crippen LogP contribution in [-0.2, 0) is 5.75 Å². The van der Waals surface area contributed by atoms with Gasteiger partial charge in [0.15, 0.2) is 0 Å². The van der Waals surface area contributed by atoms with Crippen LogP contribution in [0.4, 0.5) is 4.39 Å². The monoisotopic (exact) mass is 301 g/mol. The molecule has 1 saturated heterocycles. The minimum Gasteiger partial charge on any atom is -0.303 e. The maximum Gasteiger partial charge on any atom is 0.124 e. The largest absolute Gasteiger partial charge is 0.303 e. The SMILES string of the molecule is Fc1ccc(CSCCN2CCCCCC2)c(Cl)c1. The van der Waals surface area contributed by atoms with Crippen molar-refractivity contribution in [2.24, 2.45) is 0 Å². The third-order valence-corrected chi connectivity index (χ3v) is 4.86. The topological polar surface area (TPSA) is 3.24 Å². The molecule has 19 heavy (non-hydrogen) atoms. The van der Waals surface area contributed by atoms with E-state index in [2.05, 4.69) is 4.90 Å². The molecule has 1 nitrogen and oxygen atoms in total. The lowest BCUT2D eigenvalue weighted by Gasteiger charge is -2.19. The number of halogens is 2. The van der Waals surface area contributed by atoms with E-state index in [1.165, 1.54) is 50.9 Å². The van der Waals surface area contributed by atoms with E-state index in [-0.39, 0.29) is 5.82 Å². The van der Waals surface area contributed by atoms with Crippen molar-refractivity contribution < 1.29 is 4.39 Å². The Morgan fingerprint density at radius 1 is 1.16 bits per heavy atom. The van der Waals surface area contributed by atoms with Gasteiger partial charge in [0.2, 0.25) is 0 Å².